The number of nitrogens with one attached hydrogen (secondary N) is 2. The number of pyridine rings is 1. The molecule has 0 saturated carbocycles. The average molecular weight is 313 g/mol. The van der Waals surface area contributed by atoms with Gasteiger partial charge in [0, 0.05) is 29.7 Å². The molecule has 1 atom stereocenters. The Hall–Kier alpha value is -1.65. The first kappa shape index (κ1) is 16.2. The largest absolute Gasteiger partial charge is 0.357 e. The zero-order chi connectivity index (χ0) is 16.4. The SMILES string of the molecule is Cc1cc(C)c2[nH]c(CNCC[C@H]3CCCN3C)cc(=O)c2c1. The van der Waals surface area contributed by atoms with Gasteiger partial charge in [-0.1, -0.05) is 6.07 Å². The zero-order valence-corrected chi connectivity index (χ0v) is 14.4. The molecule has 1 aromatic heterocycles. The van der Waals surface area contributed by atoms with Crippen LogP contribution in [0.4, 0.5) is 0 Å². The molecule has 1 fully saturated rings. The Balaban J connectivity index is 1.65. The summed E-state index contributed by atoms with van der Waals surface area (Å²) < 4.78 is 0. The maximum Gasteiger partial charge on any atom is 0.189 e. The molecule has 0 spiro atoms. The quantitative estimate of drug-likeness (QED) is 0.835. The van der Waals surface area contributed by atoms with Crippen molar-refractivity contribution in [1.29, 1.82) is 0 Å². The standard InChI is InChI=1S/C19H27N3O/c1-13-9-14(2)19-17(10-13)18(23)11-15(21-19)12-20-7-6-16-5-4-8-22(16)3/h9-11,16,20H,4-8,12H2,1-3H3,(H,21,23)/t16-/m1/s1. The third kappa shape index (κ3) is 3.65. The summed E-state index contributed by atoms with van der Waals surface area (Å²) in [5.74, 6) is 0. The molecule has 2 N–H and O–H groups in total. The van der Waals surface area contributed by atoms with Crippen molar-refractivity contribution in [3.05, 3.63) is 45.2 Å². The smallest absolute Gasteiger partial charge is 0.189 e. The summed E-state index contributed by atoms with van der Waals surface area (Å²) in [5, 5.41) is 4.27. The van der Waals surface area contributed by atoms with Gasteiger partial charge in [-0.05, 0) is 70.4 Å². The zero-order valence-electron chi connectivity index (χ0n) is 14.4. The number of fused-ring (bicyclic) bond motifs is 1. The van der Waals surface area contributed by atoms with Crippen molar-refractivity contribution in [3.63, 3.8) is 0 Å². The molecule has 1 aliphatic heterocycles. The van der Waals surface area contributed by atoms with E-state index < -0.39 is 0 Å². The van der Waals surface area contributed by atoms with Gasteiger partial charge in [0.15, 0.2) is 5.43 Å². The van der Waals surface area contributed by atoms with E-state index in [2.05, 4.69) is 35.2 Å². The van der Waals surface area contributed by atoms with E-state index in [1.54, 1.807) is 6.07 Å². The van der Waals surface area contributed by atoms with E-state index in [0.717, 1.165) is 40.8 Å². The highest BCUT2D eigenvalue weighted by atomic mass is 16.1. The van der Waals surface area contributed by atoms with Crippen molar-refractivity contribution in [2.75, 3.05) is 20.1 Å². The Kier molecular flexibility index (Phi) is 4.83. The number of aryl methyl sites for hydroxylation is 2. The summed E-state index contributed by atoms with van der Waals surface area (Å²) in [5.41, 5.74) is 4.31. The molecular formula is C19H27N3O. The number of rotatable bonds is 5. The molecule has 0 aliphatic carbocycles. The summed E-state index contributed by atoms with van der Waals surface area (Å²) >= 11 is 0. The van der Waals surface area contributed by atoms with Crippen LogP contribution in [0.25, 0.3) is 10.9 Å². The number of H-pyrrole nitrogens is 1. The summed E-state index contributed by atoms with van der Waals surface area (Å²) in [7, 11) is 2.21. The van der Waals surface area contributed by atoms with Gasteiger partial charge in [0.1, 0.15) is 0 Å². The van der Waals surface area contributed by atoms with Crippen LogP contribution in [0, 0.1) is 13.8 Å². The first-order chi connectivity index (χ1) is 11.0. The van der Waals surface area contributed by atoms with Crippen LogP contribution >= 0.6 is 0 Å². The monoisotopic (exact) mass is 313 g/mol. The third-order valence-electron chi connectivity index (χ3n) is 4.98. The van der Waals surface area contributed by atoms with Gasteiger partial charge in [0.05, 0.1) is 5.52 Å². The topological polar surface area (TPSA) is 48.1 Å². The van der Waals surface area contributed by atoms with E-state index in [1.165, 1.54) is 25.8 Å². The maximum atomic E-state index is 12.3. The number of nitrogens with zero attached hydrogens (tertiary/aromatic N) is 1. The van der Waals surface area contributed by atoms with Gasteiger partial charge in [-0.25, -0.2) is 0 Å². The molecule has 23 heavy (non-hydrogen) atoms. The molecule has 2 aromatic rings. The van der Waals surface area contributed by atoms with Crippen LogP contribution in [0.3, 0.4) is 0 Å². The number of hydrogen-bond donors (Lipinski definition) is 2. The lowest BCUT2D eigenvalue weighted by molar-refractivity contribution is 0.293. The van der Waals surface area contributed by atoms with Gasteiger partial charge in [0.25, 0.3) is 0 Å². The van der Waals surface area contributed by atoms with Crippen molar-refractivity contribution in [2.24, 2.45) is 0 Å². The van der Waals surface area contributed by atoms with Gasteiger partial charge >= 0.3 is 0 Å². The van der Waals surface area contributed by atoms with Gasteiger partial charge in [-0.3, -0.25) is 4.79 Å². The molecule has 0 amide bonds. The minimum absolute atomic E-state index is 0.109. The van der Waals surface area contributed by atoms with Crippen LogP contribution in [0.15, 0.2) is 23.0 Å². The van der Waals surface area contributed by atoms with Gasteiger partial charge in [0.2, 0.25) is 0 Å². The predicted molar refractivity (Wildman–Crippen MR) is 96.0 cm³/mol. The first-order valence-electron chi connectivity index (χ1n) is 8.58. The molecule has 124 valence electrons. The van der Waals surface area contributed by atoms with Crippen molar-refractivity contribution in [3.8, 4) is 0 Å². The lowest BCUT2D eigenvalue weighted by atomic mass is 10.1. The van der Waals surface area contributed by atoms with Crippen molar-refractivity contribution >= 4 is 10.9 Å². The fourth-order valence-corrected chi connectivity index (χ4v) is 3.69. The molecule has 1 saturated heterocycles. The number of aromatic nitrogens is 1. The highest BCUT2D eigenvalue weighted by Gasteiger charge is 2.19. The van der Waals surface area contributed by atoms with Crippen LogP contribution in [-0.2, 0) is 6.54 Å². The van der Waals surface area contributed by atoms with E-state index >= 15 is 0 Å². The summed E-state index contributed by atoms with van der Waals surface area (Å²) in [6.07, 6.45) is 3.80. The molecule has 2 heterocycles. The Morgan fingerprint density at radius 2 is 2.13 bits per heavy atom. The first-order valence-corrected chi connectivity index (χ1v) is 8.58. The highest BCUT2D eigenvalue weighted by Crippen LogP contribution is 2.18. The predicted octanol–water partition coefficient (Wildman–Crippen LogP) is 2.72. The molecular weight excluding hydrogens is 286 g/mol. The third-order valence-corrected chi connectivity index (χ3v) is 4.98. The Bertz CT molecular complexity index is 750. The fraction of sp³-hybridized carbons (Fsp3) is 0.526. The molecule has 3 rings (SSSR count). The van der Waals surface area contributed by atoms with Crippen LogP contribution in [0.5, 0.6) is 0 Å². The average Bonchev–Trinajstić information content (AvgIpc) is 2.90. The van der Waals surface area contributed by atoms with Gasteiger partial charge in [-0.2, -0.15) is 0 Å². The Morgan fingerprint density at radius 1 is 1.30 bits per heavy atom. The summed E-state index contributed by atoms with van der Waals surface area (Å²) in [6.45, 7) is 7.01. The van der Waals surface area contributed by atoms with Gasteiger partial charge in [-0.15, -0.1) is 0 Å². The molecule has 1 aliphatic rings. The van der Waals surface area contributed by atoms with Crippen molar-refractivity contribution in [1.82, 2.24) is 15.2 Å². The Morgan fingerprint density at radius 3 is 2.87 bits per heavy atom. The van der Waals surface area contributed by atoms with E-state index in [0.29, 0.717) is 6.04 Å². The van der Waals surface area contributed by atoms with Crippen LogP contribution < -0.4 is 10.7 Å². The maximum absolute atomic E-state index is 12.3. The lowest BCUT2D eigenvalue weighted by Crippen LogP contribution is -2.29. The minimum atomic E-state index is 0.109. The lowest BCUT2D eigenvalue weighted by Gasteiger charge is -2.19. The second-order valence-corrected chi connectivity index (χ2v) is 6.91. The van der Waals surface area contributed by atoms with Crippen LogP contribution in [-0.4, -0.2) is 36.1 Å². The summed E-state index contributed by atoms with van der Waals surface area (Å²) in [6, 6.07) is 6.53. The Labute approximate surface area is 137 Å². The minimum Gasteiger partial charge on any atom is -0.357 e. The number of aromatic amines is 1. The number of benzene rings is 1. The molecule has 4 nitrogen and oxygen atoms in total. The van der Waals surface area contributed by atoms with Crippen molar-refractivity contribution < 1.29 is 0 Å². The van der Waals surface area contributed by atoms with E-state index in [9.17, 15) is 4.79 Å². The molecule has 1 aromatic carbocycles. The highest BCUT2D eigenvalue weighted by molar-refractivity contribution is 5.82. The van der Waals surface area contributed by atoms with Crippen molar-refractivity contribution in [2.45, 2.75) is 45.7 Å². The van der Waals surface area contributed by atoms with Crippen LogP contribution in [0.1, 0.15) is 36.1 Å². The molecule has 0 unspecified atom stereocenters. The van der Waals surface area contributed by atoms with Gasteiger partial charge < -0.3 is 15.2 Å². The van der Waals surface area contributed by atoms with E-state index in [4.69, 9.17) is 0 Å². The van der Waals surface area contributed by atoms with Crippen LogP contribution in [0.2, 0.25) is 0 Å². The number of likely N-dealkylation sites (tertiary alicyclic amines) is 1. The normalized spacial score (nSPS) is 18.8. The molecule has 0 radical (unpaired) electrons. The summed E-state index contributed by atoms with van der Waals surface area (Å²) in [4.78, 5) is 18.2. The fourth-order valence-electron chi connectivity index (χ4n) is 3.69. The second-order valence-electron chi connectivity index (χ2n) is 6.91. The second kappa shape index (κ2) is 6.85. The molecule has 0 bridgehead atoms. The van der Waals surface area contributed by atoms with E-state index in [1.807, 2.05) is 13.0 Å². The molecule has 4 heteroatoms. The number of hydrogen-bond acceptors (Lipinski definition) is 3. The van der Waals surface area contributed by atoms with E-state index in [-0.39, 0.29) is 5.43 Å².